The Morgan fingerprint density at radius 2 is 1.76 bits per heavy atom. The molecule has 0 bridgehead atoms. The van der Waals surface area contributed by atoms with E-state index in [1.807, 2.05) is 12.1 Å². The molecular weight excluding hydrogens is 328 g/mol. The summed E-state index contributed by atoms with van der Waals surface area (Å²) in [6.07, 6.45) is 1.54. The van der Waals surface area contributed by atoms with Crippen molar-refractivity contribution in [1.29, 1.82) is 0 Å². The maximum atomic E-state index is 12.1. The number of thioether (sulfide) groups is 1. The molecule has 0 spiro atoms. The highest BCUT2D eigenvalue weighted by molar-refractivity contribution is 7.99. The Morgan fingerprint density at radius 3 is 2.40 bits per heavy atom. The normalized spacial score (nSPS) is 10.9. The number of rotatable bonds is 8. The summed E-state index contributed by atoms with van der Waals surface area (Å²) in [5.41, 5.74) is 4.76. The molecule has 25 heavy (non-hydrogen) atoms. The van der Waals surface area contributed by atoms with Gasteiger partial charge in [0.05, 0.1) is 0 Å². The van der Waals surface area contributed by atoms with Gasteiger partial charge in [0.2, 0.25) is 5.91 Å². The lowest BCUT2D eigenvalue weighted by molar-refractivity contribution is -0.115. The molecule has 1 amide bonds. The van der Waals surface area contributed by atoms with E-state index in [1.54, 1.807) is 11.8 Å². The van der Waals surface area contributed by atoms with Gasteiger partial charge >= 0.3 is 0 Å². The van der Waals surface area contributed by atoms with Crippen LogP contribution in [0.3, 0.4) is 0 Å². The predicted octanol–water partition coefficient (Wildman–Crippen LogP) is 4.53. The number of benzene rings is 2. The number of hydrogen-bond donors (Lipinski definition) is 1. The first kappa shape index (κ1) is 19.5. The molecule has 0 saturated heterocycles. The van der Waals surface area contributed by atoms with E-state index in [-0.39, 0.29) is 5.91 Å². The zero-order valence-electron chi connectivity index (χ0n) is 15.6. The summed E-state index contributed by atoms with van der Waals surface area (Å²) in [7, 11) is 4.15. The monoisotopic (exact) mass is 356 g/mol. The Labute approximate surface area is 155 Å². The van der Waals surface area contributed by atoms with E-state index in [9.17, 15) is 4.79 Å². The topological polar surface area (TPSA) is 32.3 Å². The molecule has 0 fully saturated rings. The Morgan fingerprint density at radius 1 is 1.04 bits per heavy atom. The molecule has 0 aromatic heterocycles. The zero-order valence-corrected chi connectivity index (χ0v) is 16.5. The summed E-state index contributed by atoms with van der Waals surface area (Å²) in [6.45, 7) is 5.26. The Kier molecular flexibility index (Phi) is 7.53. The molecule has 134 valence electrons. The lowest BCUT2D eigenvalue weighted by Gasteiger charge is -2.10. The van der Waals surface area contributed by atoms with Gasteiger partial charge in [-0.1, -0.05) is 18.2 Å². The fourth-order valence-electron chi connectivity index (χ4n) is 2.40. The van der Waals surface area contributed by atoms with Crippen LogP contribution in [-0.2, 0) is 11.2 Å². The van der Waals surface area contributed by atoms with Gasteiger partial charge in [-0.25, -0.2) is 0 Å². The fourth-order valence-corrected chi connectivity index (χ4v) is 3.34. The third kappa shape index (κ3) is 6.92. The molecule has 2 aromatic carbocycles. The molecule has 0 atom stereocenters. The van der Waals surface area contributed by atoms with Crippen molar-refractivity contribution in [2.75, 3.05) is 31.7 Å². The van der Waals surface area contributed by atoms with Gasteiger partial charge in [0, 0.05) is 29.3 Å². The maximum Gasteiger partial charge on any atom is 0.225 e. The highest BCUT2D eigenvalue weighted by atomic mass is 32.2. The van der Waals surface area contributed by atoms with Crippen molar-refractivity contribution < 1.29 is 4.79 Å². The Balaban J connectivity index is 1.75. The minimum atomic E-state index is 0.0670. The van der Waals surface area contributed by atoms with Crippen molar-refractivity contribution in [3.63, 3.8) is 0 Å². The third-order valence-corrected chi connectivity index (χ3v) is 5.16. The summed E-state index contributed by atoms with van der Waals surface area (Å²) >= 11 is 1.73. The molecule has 0 aliphatic heterocycles. The lowest BCUT2D eigenvalue weighted by Crippen LogP contribution is -2.15. The van der Waals surface area contributed by atoms with Gasteiger partial charge in [-0.2, -0.15) is 0 Å². The molecular formula is C21H28N2OS. The van der Waals surface area contributed by atoms with Crippen LogP contribution < -0.4 is 5.32 Å². The highest BCUT2D eigenvalue weighted by Gasteiger charge is 2.04. The Hall–Kier alpha value is -1.78. The van der Waals surface area contributed by atoms with Gasteiger partial charge in [-0.05, 0) is 75.3 Å². The van der Waals surface area contributed by atoms with Crippen LogP contribution in [-0.4, -0.2) is 37.2 Å². The van der Waals surface area contributed by atoms with Crippen LogP contribution in [0.2, 0.25) is 0 Å². The second-order valence-electron chi connectivity index (χ2n) is 6.64. The van der Waals surface area contributed by atoms with Gasteiger partial charge in [0.25, 0.3) is 0 Å². The van der Waals surface area contributed by atoms with Crippen LogP contribution >= 0.6 is 11.8 Å². The molecule has 2 rings (SSSR count). The molecule has 0 heterocycles. The van der Waals surface area contributed by atoms with E-state index < -0.39 is 0 Å². The van der Waals surface area contributed by atoms with Crippen LogP contribution in [0.4, 0.5) is 5.69 Å². The van der Waals surface area contributed by atoms with E-state index in [2.05, 4.69) is 68.5 Å². The SMILES string of the molecule is Cc1ccc(SCCC(=O)Nc2ccc(CCN(C)C)cc2)cc1C. The van der Waals surface area contributed by atoms with E-state index in [4.69, 9.17) is 0 Å². The van der Waals surface area contributed by atoms with Gasteiger partial charge in [0.1, 0.15) is 0 Å². The van der Waals surface area contributed by atoms with Gasteiger partial charge in [-0.15, -0.1) is 11.8 Å². The minimum Gasteiger partial charge on any atom is -0.326 e. The van der Waals surface area contributed by atoms with Crippen molar-refractivity contribution in [2.45, 2.75) is 31.6 Å². The number of nitrogens with zero attached hydrogens (tertiary/aromatic N) is 1. The van der Waals surface area contributed by atoms with Crippen molar-refractivity contribution in [3.05, 3.63) is 59.2 Å². The van der Waals surface area contributed by atoms with E-state index in [0.29, 0.717) is 6.42 Å². The van der Waals surface area contributed by atoms with E-state index >= 15 is 0 Å². The molecule has 3 nitrogen and oxygen atoms in total. The number of anilines is 1. The summed E-state index contributed by atoms with van der Waals surface area (Å²) in [6, 6.07) is 14.6. The summed E-state index contributed by atoms with van der Waals surface area (Å²) < 4.78 is 0. The van der Waals surface area contributed by atoms with Crippen LogP contribution in [0.5, 0.6) is 0 Å². The van der Waals surface area contributed by atoms with Crippen molar-refractivity contribution >= 4 is 23.4 Å². The van der Waals surface area contributed by atoms with Gasteiger partial charge in [0.15, 0.2) is 0 Å². The number of carbonyl (C=O) groups excluding carboxylic acids is 1. The van der Waals surface area contributed by atoms with Crippen molar-refractivity contribution in [2.24, 2.45) is 0 Å². The second kappa shape index (κ2) is 9.64. The standard InChI is InChI=1S/C21H28N2OS/c1-16-5-10-20(15-17(16)2)25-14-12-21(24)22-19-8-6-18(7-9-19)11-13-23(3)4/h5-10,15H,11-14H2,1-4H3,(H,22,24). The average molecular weight is 357 g/mol. The first-order valence-electron chi connectivity index (χ1n) is 8.67. The van der Waals surface area contributed by atoms with Crippen LogP contribution in [0, 0.1) is 13.8 Å². The first-order chi connectivity index (χ1) is 11.9. The number of amides is 1. The quantitative estimate of drug-likeness (QED) is 0.705. The summed E-state index contributed by atoms with van der Waals surface area (Å²) in [5.74, 6) is 0.854. The molecule has 2 aromatic rings. The molecule has 1 N–H and O–H groups in total. The van der Waals surface area contributed by atoms with E-state index in [1.165, 1.54) is 21.6 Å². The molecule has 0 aliphatic rings. The fraction of sp³-hybridized carbons (Fsp3) is 0.381. The third-order valence-electron chi connectivity index (χ3n) is 4.16. The second-order valence-corrected chi connectivity index (χ2v) is 7.81. The van der Waals surface area contributed by atoms with Gasteiger partial charge < -0.3 is 10.2 Å². The number of carbonyl (C=O) groups is 1. The van der Waals surface area contributed by atoms with Crippen molar-refractivity contribution in [1.82, 2.24) is 4.90 Å². The molecule has 0 radical (unpaired) electrons. The molecule has 0 unspecified atom stereocenters. The first-order valence-corrected chi connectivity index (χ1v) is 9.66. The molecule has 0 saturated carbocycles. The molecule has 0 aliphatic carbocycles. The maximum absolute atomic E-state index is 12.1. The smallest absolute Gasteiger partial charge is 0.225 e. The minimum absolute atomic E-state index is 0.0670. The van der Waals surface area contributed by atoms with E-state index in [0.717, 1.165) is 24.4 Å². The van der Waals surface area contributed by atoms with Crippen molar-refractivity contribution in [3.8, 4) is 0 Å². The lowest BCUT2D eigenvalue weighted by atomic mass is 10.1. The number of hydrogen-bond acceptors (Lipinski definition) is 3. The number of likely N-dealkylation sites (N-methyl/N-ethyl adjacent to an activating group) is 1. The zero-order chi connectivity index (χ0) is 18.2. The number of nitrogens with one attached hydrogen (secondary N) is 1. The highest BCUT2D eigenvalue weighted by Crippen LogP contribution is 2.22. The molecule has 4 heteroatoms. The largest absolute Gasteiger partial charge is 0.326 e. The average Bonchev–Trinajstić information content (AvgIpc) is 2.57. The summed E-state index contributed by atoms with van der Waals surface area (Å²) in [4.78, 5) is 15.5. The predicted molar refractivity (Wildman–Crippen MR) is 109 cm³/mol. The Bertz CT molecular complexity index is 696. The summed E-state index contributed by atoms with van der Waals surface area (Å²) in [5, 5.41) is 2.98. The van der Waals surface area contributed by atoms with Crippen LogP contribution in [0.1, 0.15) is 23.1 Å². The van der Waals surface area contributed by atoms with Crippen LogP contribution in [0.15, 0.2) is 47.4 Å². The van der Waals surface area contributed by atoms with Gasteiger partial charge in [-0.3, -0.25) is 4.79 Å². The van der Waals surface area contributed by atoms with Crippen LogP contribution in [0.25, 0.3) is 0 Å². The number of aryl methyl sites for hydroxylation is 2.